The molecule has 0 aliphatic rings. The first kappa shape index (κ1) is 19.7. The molecular formula is C20H19N3O4. The summed E-state index contributed by atoms with van der Waals surface area (Å²) >= 11 is 0. The molecule has 2 rings (SSSR count). The predicted molar refractivity (Wildman–Crippen MR) is 98.4 cm³/mol. The second-order valence-electron chi connectivity index (χ2n) is 6.13. The standard InChI is InChI=1S/C20H19N3O4/c1-12(2)17(18(24)23-20(22)26)27-19(25)16-10-6-5-9-15(16)14-8-4-3-7-13(14)11-21/h3-10,12,17H,1-2H3,(H3,22,23,24,26)/t17-/m1/s1. The van der Waals surface area contributed by atoms with Gasteiger partial charge in [0.1, 0.15) is 0 Å². The lowest BCUT2D eigenvalue weighted by atomic mass is 9.96. The third kappa shape index (κ3) is 4.70. The number of nitrogens with one attached hydrogen (secondary N) is 1. The number of imide groups is 1. The van der Waals surface area contributed by atoms with E-state index in [0.717, 1.165) is 0 Å². The van der Waals surface area contributed by atoms with Crippen LogP contribution in [0.5, 0.6) is 0 Å². The number of urea groups is 1. The highest BCUT2D eigenvalue weighted by Gasteiger charge is 2.29. The molecule has 7 nitrogen and oxygen atoms in total. The third-order valence-electron chi connectivity index (χ3n) is 3.83. The fraction of sp³-hybridized carbons (Fsp3) is 0.200. The summed E-state index contributed by atoms with van der Waals surface area (Å²) in [5, 5.41) is 11.2. The van der Waals surface area contributed by atoms with E-state index >= 15 is 0 Å². The van der Waals surface area contributed by atoms with Crippen LogP contribution in [0, 0.1) is 17.2 Å². The topological polar surface area (TPSA) is 122 Å². The van der Waals surface area contributed by atoms with E-state index in [1.807, 2.05) is 5.32 Å². The largest absolute Gasteiger partial charge is 0.448 e. The average Bonchev–Trinajstić information content (AvgIpc) is 2.64. The van der Waals surface area contributed by atoms with Crippen molar-refractivity contribution in [3.8, 4) is 17.2 Å². The van der Waals surface area contributed by atoms with Crippen molar-refractivity contribution >= 4 is 17.9 Å². The summed E-state index contributed by atoms with van der Waals surface area (Å²) in [5.41, 5.74) is 6.67. The molecule has 3 amide bonds. The molecule has 3 N–H and O–H groups in total. The highest BCUT2D eigenvalue weighted by molar-refractivity contribution is 6.01. The van der Waals surface area contributed by atoms with E-state index in [0.29, 0.717) is 16.7 Å². The van der Waals surface area contributed by atoms with Gasteiger partial charge in [-0.3, -0.25) is 10.1 Å². The molecule has 2 aromatic rings. The molecule has 0 unspecified atom stereocenters. The van der Waals surface area contributed by atoms with Gasteiger partial charge in [0.15, 0.2) is 6.10 Å². The van der Waals surface area contributed by atoms with Crippen molar-refractivity contribution in [1.82, 2.24) is 5.32 Å². The fourth-order valence-corrected chi connectivity index (χ4v) is 2.58. The third-order valence-corrected chi connectivity index (χ3v) is 3.83. The second-order valence-corrected chi connectivity index (χ2v) is 6.13. The molecule has 0 heterocycles. The fourth-order valence-electron chi connectivity index (χ4n) is 2.58. The number of rotatable bonds is 5. The van der Waals surface area contributed by atoms with Gasteiger partial charge in [-0.1, -0.05) is 50.2 Å². The van der Waals surface area contributed by atoms with Crippen LogP contribution in [0.2, 0.25) is 0 Å². The highest BCUT2D eigenvalue weighted by atomic mass is 16.5. The first-order chi connectivity index (χ1) is 12.8. The van der Waals surface area contributed by atoms with Gasteiger partial charge in [-0.15, -0.1) is 0 Å². The van der Waals surface area contributed by atoms with E-state index in [9.17, 15) is 19.6 Å². The van der Waals surface area contributed by atoms with Gasteiger partial charge in [0.2, 0.25) is 0 Å². The molecule has 2 aromatic carbocycles. The molecule has 1 atom stereocenters. The lowest BCUT2D eigenvalue weighted by Crippen LogP contribution is -2.45. The maximum absolute atomic E-state index is 12.7. The summed E-state index contributed by atoms with van der Waals surface area (Å²) in [4.78, 5) is 35.7. The number of nitrogens with two attached hydrogens (primary N) is 1. The lowest BCUT2D eigenvalue weighted by Gasteiger charge is -2.20. The Morgan fingerprint density at radius 1 is 1.04 bits per heavy atom. The zero-order valence-electron chi connectivity index (χ0n) is 14.9. The van der Waals surface area contributed by atoms with Gasteiger partial charge < -0.3 is 10.5 Å². The Hall–Kier alpha value is -3.66. The summed E-state index contributed by atoms with van der Waals surface area (Å²) in [6, 6.07) is 14.6. The minimum Gasteiger partial charge on any atom is -0.448 e. The molecule has 0 aliphatic carbocycles. The van der Waals surface area contributed by atoms with Gasteiger partial charge in [-0.05, 0) is 23.6 Å². The number of carbonyl (C=O) groups excluding carboxylic acids is 3. The smallest absolute Gasteiger partial charge is 0.339 e. The second kappa shape index (κ2) is 8.63. The van der Waals surface area contributed by atoms with Crippen molar-refractivity contribution in [3.05, 3.63) is 59.7 Å². The molecule has 7 heteroatoms. The Balaban J connectivity index is 2.38. The van der Waals surface area contributed by atoms with Gasteiger partial charge in [-0.2, -0.15) is 5.26 Å². The first-order valence-electron chi connectivity index (χ1n) is 8.25. The number of amides is 3. The van der Waals surface area contributed by atoms with E-state index in [4.69, 9.17) is 10.5 Å². The summed E-state index contributed by atoms with van der Waals surface area (Å²) in [6.07, 6.45) is -1.19. The molecule has 0 radical (unpaired) electrons. The molecular weight excluding hydrogens is 346 g/mol. The number of benzene rings is 2. The number of esters is 1. The molecule has 27 heavy (non-hydrogen) atoms. The number of hydrogen-bond donors (Lipinski definition) is 2. The van der Waals surface area contributed by atoms with Crippen LogP contribution in [0.15, 0.2) is 48.5 Å². The van der Waals surface area contributed by atoms with Crippen molar-refractivity contribution in [2.75, 3.05) is 0 Å². The molecule has 0 fully saturated rings. The maximum Gasteiger partial charge on any atom is 0.339 e. The van der Waals surface area contributed by atoms with Crippen LogP contribution in [0.3, 0.4) is 0 Å². The average molecular weight is 365 g/mol. The predicted octanol–water partition coefficient (Wildman–Crippen LogP) is 2.60. The van der Waals surface area contributed by atoms with E-state index in [-0.39, 0.29) is 11.5 Å². The summed E-state index contributed by atoms with van der Waals surface area (Å²) in [5.74, 6) is -1.91. The molecule has 0 aromatic heterocycles. The Morgan fingerprint density at radius 3 is 2.22 bits per heavy atom. The summed E-state index contributed by atoms with van der Waals surface area (Å²) in [7, 11) is 0. The van der Waals surface area contributed by atoms with Crippen LogP contribution in [-0.4, -0.2) is 24.0 Å². The molecule has 0 saturated carbocycles. The van der Waals surface area contributed by atoms with Crippen LogP contribution in [0.1, 0.15) is 29.8 Å². The van der Waals surface area contributed by atoms with Crippen LogP contribution in [0.4, 0.5) is 4.79 Å². The van der Waals surface area contributed by atoms with Gasteiger partial charge in [0.25, 0.3) is 5.91 Å². The monoisotopic (exact) mass is 365 g/mol. The Bertz CT molecular complexity index is 915. The number of hydrogen-bond acceptors (Lipinski definition) is 5. The van der Waals surface area contributed by atoms with Crippen molar-refractivity contribution in [1.29, 1.82) is 5.26 Å². The molecule has 0 saturated heterocycles. The van der Waals surface area contributed by atoms with E-state index in [2.05, 4.69) is 6.07 Å². The van der Waals surface area contributed by atoms with Gasteiger partial charge in [0, 0.05) is 5.56 Å². The zero-order valence-corrected chi connectivity index (χ0v) is 14.9. The Kier molecular flexibility index (Phi) is 6.28. The number of nitriles is 1. The van der Waals surface area contributed by atoms with Crippen molar-refractivity contribution in [3.63, 3.8) is 0 Å². The molecule has 138 valence electrons. The van der Waals surface area contributed by atoms with Crippen LogP contribution < -0.4 is 11.1 Å². The maximum atomic E-state index is 12.7. The van der Waals surface area contributed by atoms with Crippen molar-refractivity contribution in [2.24, 2.45) is 11.7 Å². The number of carbonyl (C=O) groups is 3. The van der Waals surface area contributed by atoms with Crippen LogP contribution in [-0.2, 0) is 9.53 Å². The molecule has 0 spiro atoms. The Morgan fingerprint density at radius 2 is 1.63 bits per heavy atom. The van der Waals surface area contributed by atoms with Crippen LogP contribution in [0.25, 0.3) is 11.1 Å². The minimum atomic E-state index is -1.19. The number of ether oxygens (including phenoxy) is 1. The molecule has 0 bridgehead atoms. The quantitative estimate of drug-likeness (QED) is 0.789. The van der Waals surface area contributed by atoms with Crippen LogP contribution >= 0.6 is 0 Å². The molecule has 0 aliphatic heterocycles. The zero-order chi connectivity index (χ0) is 20.0. The van der Waals surface area contributed by atoms with Crippen molar-refractivity contribution < 1.29 is 19.1 Å². The van der Waals surface area contributed by atoms with E-state index in [1.165, 1.54) is 0 Å². The van der Waals surface area contributed by atoms with Gasteiger partial charge >= 0.3 is 12.0 Å². The van der Waals surface area contributed by atoms with Crippen molar-refractivity contribution in [2.45, 2.75) is 20.0 Å². The summed E-state index contributed by atoms with van der Waals surface area (Å²) < 4.78 is 5.35. The van der Waals surface area contributed by atoms with Gasteiger partial charge in [-0.25, -0.2) is 9.59 Å². The Labute approximate surface area is 156 Å². The normalized spacial score (nSPS) is 11.3. The first-order valence-corrected chi connectivity index (χ1v) is 8.25. The number of primary amides is 1. The SMILES string of the molecule is CC(C)[C@@H](OC(=O)c1ccccc1-c1ccccc1C#N)C(=O)NC(N)=O. The lowest BCUT2D eigenvalue weighted by molar-refractivity contribution is -0.130. The van der Waals surface area contributed by atoms with Gasteiger partial charge in [0.05, 0.1) is 17.2 Å². The van der Waals surface area contributed by atoms with E-state index in [1.54, 1.807) is 62.4 Å². The van der Waals surface area contributed by atoms with E-state index < -0.39 is 24.0 Å². The highest BCUT2D eigenvalue weighted by Crippen LogP contribution is 2.28. The number of nitrogens with zero attached hydrogens (tertiary/aromatic N) is 1. The minimum absolute atomic E-state index is 0.206. The summed E-state index contributed by atoms with van der Waals surface area (Å²) in [6.45, 7) is 3.35.